The van der Waals surface area contributed by atoms with E-state index in [0.717, 1.165) is 29.9 Å². The molecule has 2 unspecified atom stereocenters. The Bertz CT molecular complexity index is 501. The summed E-state index contributed by atoms with van der Waals surface area (Å²) in [6, 6.07) is 6.01. The number of nitrogen functional groups attached to an aromatic ring is 1. The standard InChI is InChI=1S/C15H24N4O/c1-10-7-12(5-6-13(10)17-16)15(20)19-8-11(2)14(9-19)18(3)4/h5-7,11,14,17H,8-9,16H2,1-4H3. The lowest BCUT2D eigenvalue weighted by atomic mass is 10.1. The average Bonchev–Trinajstić information content (AvgIpc) is 2.80. The smallest absolute Gasteiger partial charge is 0.253 e. The average molecular weight is 276 g/mol. The zero-order chi connectivity index (χ0) is 14.9. The van der Waals surface area contributed by atoms with Gasteiger partial charge in [0.05, 0.1) is 5.69 Å². The van der Waals surface area contributed by atoms with E-state index < -0.39 is 0 Å². The second-order valence-electron chi connectivity index (χ2n) is 5.89. The molecule has 1 saturated heterocycles. The highest BCUT2D eigenvalue weighted by molar-refractivity contribution is 5.95. The van der Waals surface area contributed by atoms with Crippen LogP contribution in [-0.4, -0.2) is 48.9 Å². The van der Waals surface area contributed by atoms with Crippen molar-refractivity contribution in [2.45, 2.75) is 19.9 Å². The molecule has 2 rings (SSSR count). The van der Waals surface area contributed by atoms with Gasteiger partial charge in [-0.3, -0.25) is 10.6 Å². The molecule has 1 aromatic carbocycles. The van der Waals surface area contributed by atoms with Crippen molar-refractivity contribution in [2.75, 3.05) is 32.6 Å². The normalized spacial score (nSPS) is 22.4. The van der Waals surface area contributed by atoms with E-state index in [1.165, 1.54) is 0 Å². The molecule has 20 heavy (non-hydrogen) atoms. The van der Waals surface area contributed by atoms with Crippen molar-refractivity contribution >= 4 is 11.6 Å². The fraction of sp³-hybridized carbons (Fsp3) is 0.533. The van der Waals surface area contributed by atoms with Gasteiger partial charge in [-0.25, -0.2) is 0 Å². The first-order valence-corrected chi connectivity index (χ1v) is 6.97. The second kappa shape index (κ2) is 5.81. The minimum atomic E-state index is 0.105. The van der Waals surface area contributed by atoms with Crippen LogP contribution in [0.25, 0.3) is 0 Å². The van der Waals surface area contributed by atoms with Crippen LogP contribution in [0.4, 0.5) is 5.69 Å². The molecule has 5 heteroatoms. The number of nitrogens with zero attached hydrogens (tertiary/aromatic N) is 2. The van der Waals surface area contributed by atoms with Gasteiger partial charge in [-0.2, -0.15) is 0 Å². The Balaban J connectivity index is 2.14. The number of benzene rings is 1. The van der Waals surface area contributed by atoms with Gasteiger partial charge >= 0.3 is 0 Å². The predicted octanol–water partition coefficient (Wildman–Crippen LogP) is 1.30. The molecule has 1 heterocycles. The van der Waals surface area contributed by atoms with Crippen molar-refractivity contribution in [1.82, 2.24) is 9.80 Å². The van der Waals surface area contributed by atoms with E-state index in [2.05, 4.69) is 31.3 Å². The maximum absolute atomic E-state index is 12.6. The molecule has 0 radical (unpaired) electrons. The third-order valence-electron chi connectivity index (χ3n) is 4.15. The highest BCUT2D eigenvalue weighted by Gasteiger charge is 2.33. The first-order chi connectivity index (χ1) is 9.43. The van der Waals surface area contributed by atoms with Crippen molar-refractivity contribution < 1.29 is 4.79 Å². The lowest BCUT2D eigenvalue weighted by Crippen LogP contribution is -2.35. The number of carbonyl (C=O) groups excluding carboxylic acids is 1. The van der Waals surface area contributed by atoms with Crippen molar-refractivity contribution in [2.24, 2.45) is 11.8 Å². The molecule has 0 aromatic heterocycles. The Morgan fingerprint density at radius 2 is 2.10 bits per heavy atom. The Labute approximate surface area is 120 Å². The molecule has 1 aromatic rings. The van der Waals surface area contributed by atoms with Gasteiger partial charge in [-0.1, -0.05) is 6.92 Å². The van der Waals surface area contributed by atoms with Crippen LogP contribution in [0, 0.1) is 12.8 Å². The molecule has 0 bridgehead atoms. The zero-order valence-electron chi connectivity index (χ0n) is 12.7. The van der Waals surface area contributed by atoms with Crippen LogP contribution in [0.15, 0.2) is 18.2 Å². The summed E-state index contributed by atoms with van der Waals surface area (Å²) in [7, 11) is 4.14. The third-order valence-corrected chi connectivity index (χ3v) is 4.15. The van der Waals surface area contributed by atoms with E-state index in [-0.39, 0.29) is 5.91 Å². The van der Waals surface area contributed by atoms with Crippen LogP contribution in [0.5, 0.6) is 0 Å². The number of anilines is 1. The highest BCUT2D eigenvalue weighted by Crippen LogP contribution is 2.23. The molecule has 0 saturated carbocycles. The van der Waals surface area contributed by atoms with Gasteiger partial charge in [0.1, 0.15) is 0 Å². The number of hydrazine groups is 1. The Morgan fingerprint density at radius 1 is 1.40 bits per heavy atom. The van der Waals surface area contributed by atoms with Crippen molar-refractivity contribution in [3.8, 4) is 0 Å². The molecule has 0 spiro atoms. The Morgan fingerprint density at radius 3 is 2.60 bits per heavy atom. The Kier molecular flexibility index (Phi) is 4.30. The fourth-order valence-corrected chi connectivity index (χ4v) is 2.93. The number of aryl methyl sites for hydroxylation is 1. The van der Waals surface area contributed by atoms with E-state index in [1.807, 2.05) is 30.0 Å². The first-order valence-electron chi connectivity index (χ1n) is 6.97. The summed E-state index contributed by atoms with van der Waals surface area (Å²) < 4.78 is 0. The SMILES string of the molecule is Cc1cc(C(=O)N2CC(C)C(N(C)C)C2)ccc1NN. The first kappa shape index (κ1) is 14.8. The van der Waals surface area contributed by atoms with E-state index >= 15 is 0 Å². The molecular formula is C15H24N4O. The number of rotatable bonds is 3. The van der Waals surface area contributed by atoms with Gasteiger partial charge < -0.3 is 15.2 Å². The van der Waals surface area contributed by atoms with Crippen molar-refractivity contribution in [3.63, 3.8) is 0 Å². The van der Waals surface area contributed by atoms with Gasteiger partial charge in [0, 0.05) is 24.7 Å². The highest BCUT2D eigenvalue weighted by atomic mass is 16.2. The number of nitrogens with two attached hydrogens (primary N) is 1. The van der Waals surface area contributed by atoms with Crippen LogP contribution in [0.3, 0.4) is 0 Å². The van der Waals surface area contributed by atoms with E-state index in [4.69, 9.17) is 5.84 Å². The van der Waals surface area contributed by atoms with Gasteiger partial charge in [-0.15, -0.1) is 0 Å². The molecular weight excluding hydrogens is 252 g/mol. The topological polar surface area (TPSA) is 61.6 Å². The summed E-state index contributed by atoms with van der Waals surface area (Å²) in [4.78, 5) is 16.7. The fourth-order valence-electron chi connectivity index (χ4n) is 2.93. The van der Waals surface area contributed by atoms with Gasteiger partial charge in [0.25, 0.3) is 5.91 Å². The number of amides is 1. The number of hydrogen-bond donors (Lipinski definition) is 2. The monoisotopic (exact) mass is 276 g/mol. The Hall–Kier alpha value is -1.59. The van der Waals surface area contributed by atoms with Crippen LogP contribution in [0.1, 0.15) is 22.8 Å². The van der Waals surface area contributed by atoms with E-state index in [1.54, 1.807) is 0 Å². The largest absolute Gasteiger partial charge is 0.337 e. The quantitative estimate of drug-likeness (QED) is 0.645. The summed E-state index contributed by atoms with van der Waals surface area (Å²) in [5.74, 6) is 6.02. The summed E-state index contributed by atoms with van der Waals surface area (Å²) in [6.45, 7) is 5.76. The molecule has 1 aliphatic heterocycles. The summed E-state index contributed by atoms with van der Waals surface area (Å²) in [5, 5.41) is 0. The number of likely N-dealkylation sites (tertiary alicyclic amines) is 1. The summed E-state index contributed by atoms with van der Waals surface area (Å²) >= 11 is 0. The van der Waals surface area contributed by atoms with Crippen molar-refractivity contribution in [3.05, 3.63) is 29.3 Å². The molecule has 1 fully saturated rings. The molecule has 1 aliphatic rings. The minimum Gasteiger partial charge on any atom is -0.337 e. The number of carbonyl (C=O) groups is 1. The molecule has 0 aliphatic carbocycles. The van der Waals surface area contributed by atoms with E-state index in [0.29, 0.717) is 12.0 Å². The molecule has 5 nitrogen and oxygen atoms in total. The molecule has 3 N–H and O–H groups in total. The number of likely N-dealkylation sites (N-methyl/N-ethyl adjacent to an activating group) is 1. The van der Waals surface area contributed by atoms with Crippen LogP contribution < -0.4 is 11.3 Å². The number of hydrogen-bond acceptors (Lipinski definition) is 4. The molecule has 2 atom stereocenters. The van der Waals surface area contributed by atoms with Crippen LogP contribution in [-0.2, 0) is 0 Å². The maximum atomic E-state index is 12.6. The van der Waals surface area contributed by atoms with Gasteiger partial charge in [0.15, 0.2) is 0 Å². The lowest BCUT2D eigenvalue weighted by Gasteiger charge is -2.22. The summed E-state index contributed by atoms with van der Waals surface area (Å²) in [6.07, 6.45) is 0. The summed E-state index contributed by atoms with van der Waals surface area (Å²) in [5.41, 5.74) is 5.19. The maximum Gasteiger partial charge on any atom is 0.253 e. The van der Waals surface area contributed by atoms with Gasteiger partial charge in [0.2, 0.25) is 0 Å². The minimum absolute atomic E-state index is 0.105. The molecule has 110 valence electrons. The molecule has 1 amide bonds. The third kappa shape index (κ3) is 2.78. The van der Waals surface area contributed by atoms with Crippen LogP contribution >= 0.6 is 0 Å². The van der Waals surface area contributed by atoms with Gasteiger partial charge in [-0.05, 0) is 50.7 Å². The van der Waals surface area contributed by atoms with Crippen molar-refractivity contribution in [1.29, 1.82) is 0 Å². The number of nitrogens with one attached hydrogen (secondary N) is 1. The zero-order valence-corrected chi connectivity index (χ0v) is 12.7. The predicted molar refractivity (Wildman–Crippen MR) is 81.5 cm³/mol. The van der Waals surface area contributed by atoms with Crippen LogP contribution in [0.2, 0.25) is 0 Å². The lowest BCUT2D eigenvalue weighted by molar-refractivity contribution is 0.0781. The second-order valence-corrected chi connectivity index (χ2v) is 5.89. The van der Waals surface area contributed by atoms with E-state index in [9.17, 15) is 4.79 Å².